The van der Waals surface area contributed by atoms with Gasteiger partial charge >= 0.3 is 5.97 Å². The normalized spacial score (nSPS) is 21.2. The molecule has 0 aromatic heterocycles. The standard InChI is InChI=1S/C21H22BrN3O6S/c1-12(11-22)18(21(30)31-2)24-19(29)17(20(24)32-25-15(27)8-9-16(25)28)23-14(26)10-13-6-4-3-5-7-13/h3-7,17-18,20H,1,8-11H2,2H3,(H,23,26). The van der Waals surface area contributed by atoms with Gasteiger partial charge in [-0.15, -0.1) is 0 Å². The van der Waals surface area contributed by atoms with Gasteiger partial charge in [0.05, 0.1) is 13.5 Å². The van der Waals surface area contributed by atoms with Crippen molar-refractivity contribution in [3.8, 4) is 0 Å². The Morgan fingerprint density at radius 2 is 1.84 bits per heavy atom. The molecule has 0 radical (unpaired) electrons. The van der Waals surface area contributed by atoms with Crippen molar-refractivity contribution in [2.24, 2.45) is 0 Å². The van der Waals surface area contributed by atoms with Gasteiger partial charge in [-0.2, -0.15) is 0 Å². The molecule has 0 spiro atoms. The number of imide groups is 1. The smallest absolute Gasteiger partial charge is 0.332 e. The number of ether oxygens (including phenoxy) is 1. The van der Waals surface area contributed by atoms with E-state index >= 15 is 0 Å². The molecule has 9 nitrogen and oxygen atoms in total. The van der Waals surface area contributed by atoms with E-state index in [0.29, 0.717) is 5.57 Å². The molecule has 2 saturated heterocycles. The molecule has 1 aromatic rings. The summed E-state index contributed by atoms with van der Waals surface area (Å²) in [5.41, 5.74) is 1.13. The van der Waals surface area contributed by atoms with Crippen molar-refractivity contribution in [1.29, 1.82) is 0 Å². The topological polar surface area (TPSA) is 113 Å². The Kier molecular flexibility index (Phi) is 7.73. The summed E-state index contributed by atoms with van der Waals surface area (Å²) in [5, 5.41) is 2.03. The van der Waals surface area contributed by atoms with Gasteiger partial charge in [-0.3, -0.25) is 19.2 Å². The summed E-state index contributed by atoms with van der Waals surface area (Å²) in [6, 6.07) is 6.86. The number of carbonyl (C=O) groups is 5. The third-order valence-electron chi connectivity index (χ3n) is 5.08. The second-order valence-electron chi connectivity index (χ2n) is 7.25. The highest BCUT2D eigenvalue weighted by atomic mass is 79.9. The lowest BCUT2D eigenvalue weighted by Gasteiger charge is -2.50. The minimum absolute atomic E-state index is 0.0537. The summed E-state index contributed by atoms with van der Waals surface area (Å²) in [7, 11) is 1.19. The van der Waals surface area contributed by atoms with Crippen LogP contribution in [0.25, 0.3) is 0 Å². The first kappa shape index (κ1) is 24.0. The summed E-state index contributed by atoms with van der Waals surface area (Å²) < 4.78 is 5.83. The molecule has 0 bridgehead atoms. The molecule has 4 amide bonds. The van der Waals surface area contributed by atoms with Crippen molar-refractivity contribution < 1.29 is 28.7 Å². The van der Waals surface area contributed by atoms with Crippen LogP contribution in [-0.4, -0.2) is 68.7 Å². The van der Waals surface area contributed by atoms with Crippen molar-refractivity contribution in [3.05, 3.63) is 48.0 Å². The summed E-state index contributed by atoms with van der Waals surface area (Å²) in [6.45, 7) is 3.83. The van der Waals surface area contributed by atoms with Crippen molar-refractivity contribution in [2.45, 2.75) is 36.7 Å². The molecule has 2 aliphatic rings. The van der Waals surface area contributed by atoms with Crippen molar-refractivity contribution >= 4 is 57.5 Å². The highest BCUT2D eigenvalue weighted by Gasteiger charge is 2.56. The first-order valence-corrected chi connectivity index (χ1v) is 11.7. The van der Waals surface area contributed by atoms with E-state index in [1.165, 1.54) is 12.0 Å². The van der Waals surface area contributed by atoms with E-state index in [9.17, 15) is 24.0 Å². The Hall–Kier alpha value is -2.66. The zero-order valence-electron chi connectivity index (χ0n) is 17.3. The number of methoxy groups -OCH3 is 1. The molecule has 2 aliphatic heterocycles. The van der Waals surface area contributed by atoms with Gasteiger partial charge in [-0.05, 0) is 23.1 Å². The predicted octanol–water partition coefficient (Wildman–Crippen LogP) is 1.17. The van der Waals surface area contributed by atoms with E-state index in [1.807, 2.05) is 6.07 Å². The quantitative estimate of drug-likeness (QED) is 0.129. The molecule has 32 heavy (non-hydrogen) atoms. The van der Waals surface area contributed by atoms with E-state index in [0.717, 1.165) is 21.8 Å². The number of halogens is 1. The van der Waals surface area contributed by atoms with Crippen molar-refractivity contribution in [3.63, 3.8) is 0 Å². The van der Waals surface area contributed by atoms with E-state index in [-0.39, 0.29) is 36.4 Å². The minimum Gasteiger partial charge on any atom is -0.467 e. The van der Waals surface area contributed by atoms with Gasteiger partial charge in [0.15, 0.2) is 6.04 Å². The molecule has 0 saturated carbocycles. The highest BCUT2D eigenvalue weighted by Crippen LogP contribution is 2.38. The fourth-order valence-electron chi connectivity index (χ4n) is 3.45. The van der Waals surface area contributed by atoms with E-state index in [2.05, 4.69) is 27.8 Å². The number of alkyl halides is 1. The van der Waals surface area contributed by atoms with Crippen LogP contribution in [-0.2, 0) is 35.1 Å². The number of benzene rings is 1. The molecule has 170 valence electrons. The number of nitrogens with one attached hydrogen (secondary N) is 1. The second kappa shape index (κ2) is 10.3. The SMILES string of the molecule is C=C(CBr)C(C(=O)OC)N1C(=O)C(NC(=O)Cc2ccccc2)C1SN1C(=O)CCC1=O. The average Bonchev–Trinajstić information content (AvgIpc) is 3.11. The minimum atomic E-state index is -1.13. The van der Waals surface area contributed by atoms with Gasteiger partial charge in [0.25, 0.3) is 0 Å². The summed E-state index contributed by atoms with van der Waals surface area (Å²) in [4.78, 5) is 63.5. The van der Waals surface area contributed by atoms with Crippen LogP contribution >= 0.6 is 27.9 Å². The van der Waals surface area contributed by atoms with Crippen LogP contribution in [0.4, 0.5) is 0 Å². The first-order chi connectivity index (χ1) is 15.3. The molecule has 0 aliphatic carbocycles. The molecular formula is C21H22BrN3O6S. The first-order valence-electron chi connectivity index (χ1n) is 9.78. The third-order valence-corrected chi connectivity index (χ3v) is 7.14. The number of nitrogens with zero attached hydrogens (tertiary/aromatic N) is 2. The largest absolute Gasteiger partial charge is 0.467 e. The van der Waals surface area contributed by atoms with Crippen molar-refractivity contribution in [2.75, 3.05) is 12.4 Å². The number of hydrogen-bond acceptors (Lipinski definition) is 7. The number of amides is 4. The van der Waals surface area contributed by atoms with Crippen molar-refractivity contribution in [1.82, 2.24) is 14.5 Å². The van der Waals surface area contributed by atoms with E-state index < -0.39 is 35.2 Å². The molecule has 3 atom stereocenters. The lowest BCUT2D eigenvalue weighted by Crippen LogP contribution is -2.73. The molecule has 1 N–H and O–H groups in total. The Labute approximate surface area is 197 Å². The number of carbonyl (C=O) groups excluding carboxylic acids is 5. The van der Waals surface area contributed by atoms with Crippen LogP contribution in [0.2, 0.25) is 0 Å². The van der Waals surface area contributed by atoms with Crippen LogP contribution in [0.5, 0.6) is 0 Å². The fraction of sp³-hybridized carbons (Fsp3) is 0.381. The van der Waals surface area contributed by atoms with Gasteiger partial charge in [0.2, 0.25) is 23.6 Å². The molecular weight excluding hydrogens is 502 g/mol. The van der Waals surface area contributed by atoms with Gasteiger partial charge in [0.1, 0.15) is 11.4 Å². The third kappa shape index (κ3) is 4.88. The number of hydrogen-bond donors (Lipinski definition) is 1. The van der Waals surface area contributed by atoms with E-state index in [1.54, 1.807) is 24.3 Å². The zero-order valence-corrected chi connectivity index (χ0v) is 19.7. The van der Waals surface area contributed by atoms with Gasteiger partial charge in [-0.1, -0.05) is 52.8 Å². The molecule has 1 aromatic carbocycles. The maximum Gasteiger partial charge on any atom is 0.332 e. The summed E-state index contributed by atoms with van der Waals surface area (Å²) in [5.74, 6) is -2.40. The predicted molar refractivity (Wildman–Crippen MR) is 120 cm³/mol. The molecule has 2 fully saturated rings. The van der Waals surface area contributed by atoms with Crippen LogP contribution in [0.15, 0.2) is 42.5 Å². The second-order valence-corrected chi connectivity index (χ2v) is 8.87. The Morgan fingerprint density at radius 1 is 1.22 bits per heavy atom. The number of β-lactam (4-membered cyclic amide) rings is 1. The van der Waals surface area contributed by atoms with Crippen LogP contribution in [0.1, 0.15) is 18.4 Å². The van der Waals surface area contributed by atoms with Gasteiger partial charge < -0.3 is 15.0 Å². The summed E-state index contributed by atoms with van der Waals surface area (Å²) >= 11 is 4.06. The number of rotatable bonds is 9. The highest BCUT2D eigenvalue weighted by molar-refractivity contribution is 9.09. The average molecular weight is 524 g/mol. The number of esters is 1. The molecule has 3 unspecified atom stereocenters. The number of likely N-dealkylation sites (tertiary alicyclic amines) is 1. The van der Waals surface area contributed by atoms with Gasteiger partial charge in [0, 0.05) is 18.2 Å². The van der Waals surface area contributed by atoms with Crippen LogP contribution in [0, 0.1) is 0 Å². The maximum atomic E-state index is 13.0. The lowest BCUT2D eigenvalue weighted by molar-refractivity contribution is -0.161. The van der Waals surface area contributed by atoms with Crippen LogP contribution < -0.4 is 5.32 Å². The van der Waals surface area contributed by atoms with E-state index in [4.69, 9.17) is 4.74 Å². The fourth-order valence-corrected chi connectivity index (χ4v) is 5.03. The maximum absolute atomic E-state index is 13.0. The zero-order chi connectivity index (χ0) is 23.4. The monoisotopic (exact) mass is 523 g/mol. The Morgan fingerprint density at radius 3 is 2.41 bits per heavy atom. The molecule has 3 rings (SSSR count). The molecule has 11 heteroatoms. The lowest BCUT2D eigenvalue weighted by atomic mass is 9.99. The Balaban J connectivity index is 1.83. The van der Waals surface area contributed by atoms with Gasteiger partial charge in [-0.25, -0.2) is 9.10 Å². The summed E-state index contributed by atoms with van der Waals surface area (Å²) in [6.07, 6.45) is 0.205. The Bertz CT molecular complexity index is 924. The van der Waals surface area contributed by atoms with Crippen LogP contribution in [0.3, 0.4) is 0 Å². The molecule has 2 heterocycles.